The van der Waals surface area contributed by atoms with E-state index in [1.54, 1.807) is 0 Å². The molecule has 2 aromatic rings. The summed E-state index contributed by atoms with van der Waals surface area (Å²) < 4.78 is 5.37. The molecule has 4 rings (SSSR count). The fourth-order valence-corrected chi connectivity index (χ4v) is 3.39. The first kappa shape index (κ1) is 16.5. The maximum Gasteiger partial charge on any atom is 0.229 e. The molecule has 2 aliphatic rings. The summed E-state index contributed by atoms with van der Waals surface area (Å²) in [6.45, 7) is 3.87. The topological polar surface area (TPSA) is 54.2 Å². The number of hydrogen-bond acceptors (Lipinski definition) is 5. The molecule has 2 heterocycles. The standard InChI is InChI=1S/C20H26N4O/c1-2-6-16(7-3-1)8-4-12-21-18-9-5-13-24(14-18)15-19-22-20(25-23-19)17-10-11-17/h1-4,6-8,17-18,21H,5,9-15H2/b8-4+/t18-/m1/s1. The Hall–Kier alpha value is -1.98. The van der Waals surface area contributed by atoms with Crippen LogP contribution in [0, 0.1) is 0 Å². The lowest BCUT2D eigenvalue weighted by atomic mass is 10.1. The van der Waals surface area contributed by atoms with Crippen LogP contribution in [-0.2, 0) is 6.54 Å². The van der Waals surface area contributed by atoms with Gasteiger partial charge in [0.05, 0.1) is 6.54 Å². The molecule has 0 radical (unpaired) electrons. The first-order valence-electron chi connectivity index (χ1n) is 9.36. The minimum Gasteiger partial charge on any atom is -0.339 e. The maximum absolute atomic E-state index is 5.37. The van der Waals surface area contributed by atoms with Crippen LogP contribution in [0.2, 0.25) is 0 Å². The Morgan fingerprint density at radius 3 is 2.92 bits per heavy atom. The van der Waals surface area contributed by atoms with E-state index in [0.717, 1.165) is 37.9 Å². The second-order valence-corrected chi connectivity index (χ2v) is 7.12. The van der Waals surface area contributed by atoms with Gasteiger partial charge in [0.25, 0.3) is 0 Å². The third-order valence-electron chi connectivity index (χ3n) is 4.92. The van der Waals surface area contributed by atoms with Gasteiger partial charge in [-0.25, -0.2) is 0 Å². The third-order valence-corrected chi connectivity index (χ3v) is 4.92. The van der Waals surface area contributed by atoms with Gasteiger partial charge in [0.1, 0.15) is 0 Å². The first-order chi connectivity index (χ1) is 12.4. The van der Waals surface area contributed by atoms with Gasteiger partial charge in [-0.05, 0) is 37.8 Å². The molecule has 0 spiro atoms. The smallest absolute Gasteiger partial charge is 0.229 e. The van der Waals surface area contributed by atoms with Crippen LogP contribution >= 0.6 is 0 Å². The van der Waals surface area contributed by atoms with Gasteiger partial charge < -0.3 is 9.84 Å². The lowest BCUT2D eigenvalue weighted by Gasteiger charge is -2.32. The van der Waals surface area contributed by atoms with E-state index in [4.69, 9.17) is 4.52 Å². The first-order valence-corrected chi connectivity index (χ1v) is 9.36. The maximum atomic E-state index is 5.37. The number of piperidine rings is 1. The van der Waals surface area contributed by atoms with Crippen molar-refractivity contribution in [1.82, 2.24) is 20.4 Å². The van der Waals surface area contributed by atoms with Crippen LogP contribution in [0.25, 0.3) is 6.08 Å². The Kier molecular flexibility index (Phi) is 5.23. The van der Waals surface area contributed by atoms with E-state index in [9.17, 15) is 0 Å². The fraction of sp³-hybridized carbons (Fsp3) is 0.500. The molecule has 1 saturated heterocycles. The summed E-state index contributed by atoms with van der Waals surface area (Å²) in [6, 6.07) is 11.0. The minimum absolute atomic E-state index is 0.531. The monoisotopic (exact) mass is 338 g/mol. The van der Waals surface area contributed by atoms with Crippen LogP contribution in [0.5, 0.6) is 0 Å². The van der Waals surface area contributed by atoms with Crippen LogP contribution < -0.4 is 5.32 Å². The average molecular weight is 338 g/mol. The Morgan fingerprint density at radius 2 is 2.08 bits per heavy atom. The van der Waals surface area contributed by atoms with Gasteiger partial charge in [0.2, 0.25) is 5.89 Å². The molecule has 0 unspecified atom stereocenters. The van der Waals surface area contributed by atoms with Gasteiger partial charge in [-0.15, -0.1) is 0 Å². The molecule has 1 aromatic heterocycles. The molecule has 1 N–H and O–H groups in total. The molecule has 0 bridgehead atoms. The van der Waals surface area contributed by atoms with Gasteiger partial charge in [-0.1, -0.05) is 47.6 Å². The number of nitrogens with one attached hydrogen (secondary N) is 1. The normalized spacial score (nSPS) is 21.8. The summed E-state index contributed by atoms with van der Waals surface area (Å²) in [7, 11) is 0. The van der Waals surface area contributed by atoms with Crippen molar-refractivity contribution < 1.29 is 4.52 Å². The lowest BCUT2D eigenvalue weighted by molar-refractivity contribution is 0.180. The third kappa shape index (κ3) is 4.77. The zero-order valence-corrected chi connectivity index (χ0v) is 14.6. The van der Waals surface area contributed by atoms with E-state index in [0.29, 0.717) is 12.0 Å². The van der Waals surface area contributed by atoms with E-state index in [2.05, 4.69) is 56.8 Å². The Labute approximate surface area is 149 Å². The Balaban J connectivity index is 1.22. The summed E-state index contributed by atoms with van der Waals surface area (Å²) in [6.07, 6.45) is 9.23. The Bertz CT molecular complexity index is 693. The van der Waals surface area contributed by atoms with Crippen molar-refractivity contribution in [2.45, 2.75) is 44.2 Å². The molecule has 5 nitrogen and oxygen atoms in total. The molecular formula is C20H26N4O. The number of benzene rings is 1. The second kappa shape index (κ2) is 7.93. The van der Waals surface area contributed by atoms with Gasteiger partial charge in [-0.3, -0.25) is 4.90 Å². The highest BCUT2D eigenvalue weighted by Gasteiger charge is 2.30. The zero-order chi connectivity index (χ0) is 16.9. The van der Waals surface area contributed by atoms with E-state index < -0.39 is 0 Å². The quantitative estimate of drug-likeness (QED) is 0.840. The van der Waals surface area contributed by atoms with E-state index in [1.807, 2.05) is 6.07 Å². The van der Waals surface area contributed by atoms with Crippen LogP contribution in [-0.4, -0.2) is 40.7 Å². The van der Waals surface area contributed by atoms with Gasteiger partial charge in [0.15, 0.2) is 5.82 Å². The molecule has 132 valence electrons. The van der Waals surface area contributed by atoms with E-state index in [1.165, 1.54) is 31.2 Å². The molecule has 1 aliphatic heterocycles. The number of hydrogen-bond donors (Lipinski definition) is 1. The summed E-state index contributed by atoms with van der Waals surface area (Å²) >= 11 is 0. The number of aromatic nitrogens is 2. The molecule has 2 fully saturated rings. The van der Waals surface area contributed by atoms with Crippen molar-refractivity contribution in [2.75, 3.05) is 19.6 Å². The van der Waals surface area contributed by atoms with Crippen molar-refractivity contribution in [3.63, 3.8) is 0 Å². The van der Waals surface area contributed by atoms with Crippen molar-refractivity contribution in [3.05, 3.63) is 53.7 Å². The van der Waals surface area contributed by atoms with Crippen molar-refractivity contribution in [1.29, 1.82) is 0 Å². The van der Waals surface area contributed by atoms with E-state index in [-0.39, 0.29) is 0 Å². The fourth-order valence-electron chi connectivity index (χ4n) is 3.39. The summed E-state index contributed by atoms with van der Waals surface area (Å²) in [5.41, 5.74) is 1.25. The van der Waals surface area contributed by atoms with Crippen molar-refractivity contribution in [2.24, 2.45) is 0 Å². The molecule has 1 aliphatic carbocycles. The van der Waals surface area contributed by atoms with Gasteiger partial charge >= 0.3 is 0 Å². The highest BCUT2D eigenvalue weighted by Crippen LogP contribution is 2.38. The van der Waals surface area contributed by atoms with Crippen LogP contribution in [0.15, 0.2) is 40.9 Å². The Morgan fingerprint density at radius 1 is 1.20 bits per heavy atom. The van der Waals surface area contributed by atoms with Crippen LogP contribution in [0.3, 0.4) is 0 Å². The molecule has 1 atom stereocenters. The molecule has 0 amide bonds. The molecular weight excluding hydrogens is 312 g/mol. The molecule has 25 heavy (non-hydrogen) atoms. The second-order valence-electron chi connectivity index (χ2n) is 7.12. The lowest BCUT2D eigenvalue weighted by Crippen LogP contribution is -2.45. The average Bonchev–Trinajstić information content (AvgIpc) is 3.40. The van der Waals surface area contributed by atoms with Crippen LogP contribution in [0.4, 0.5) is 0 Å². The van der Waals surface area contributed by atoms with Crippen molar-refractivity contribution >= 4 is 6.08 Å². The number of rotatable bonds is 7. The number of likely N-dealkylation sites (tertiary alicyclic amines) is 1. The SMILES string of the molecule is C(=C\c1ccccc1)/CN[C@@H]1CCCN(Cc2noc(C3CC3)n2)C1. The van der Waals surface area contributed by atoms with E-state index >= 15 is 0 Å². The number of nitrogens with zero attached hydrogens (tertiary/aromatic N) is 3. The summed E-state index contributed by atoms with van der Waals surface area (Å²) in [5, 5.41) is 7.79. The molecule has 1 aromatic carbocycles. The summed E-state index contributed by atoms with van der Waals surface area (Å²) in [5.74, 6) is 2.22. The minimum atomic E-state index is 0.531. The highest BCUT2D eigenvalue weighted by atomic mass is 16.5. The summed E-state index contributed by atoms with van der Waals surface area (Å²) in [4.78, 5) is 6.98. The predicted octanol–water partition coefficient (Wildman–Crippen LogP) is 3.21. The largest absolute Gasteiger partial charge is 0.339 e. The molecule has 5 heteroatoms. The van der Waals surface area contributed by atoms with Gasteiger partial charge in [-0.2, -0.15) is 4.98 Å². The molecule has 1 saturated carbocycles. The van der Waals surface area contributed by atoms with Gasteiger partial charge in [0, 0.05) is 25.0 Å². The predicted molar refractivity (Wildman–Crippen MR) is 98.1 cm³/mol. The van der Waals surface area contributed by atoms with Crippen molar-refractivity contribution in [3.8, 4) is 0 Å². The van der Waals surface area contributed by atoms with Crippen LogP contribution in [0.1, 0.15) is 48.9 Å². The zero-order valence-electron chi connectivity index (χ0n) is 14.6. The highest BCUT2D eigenvalue weighted by molar-refractivity contribution is 5.48.